The minimum Gasteiger partial charge on any atom is -0.481 e. The van der Waals surface area contributed by atoms with Crippen LogP contribution in [-0.2, 0) is 28.9 Å². The van der Waals surface area contributed by atoms with Crippen molar-refractivity contribution in [3.63, 3.8) is 0 Å². The number of carboxylic acid groups (broad SMARTS) is 1. The van der Waals surface area contributed by atoms with Crippen LogP contribution in [0.5, 0.6) is 0 Å². The molecule has 1 aliphatic carbocycles. The molecule has 1 amide bonds. The van der Waals surface area contributed by atoms with Gasteiger partial charge < -0.3 is 10.4 Å². The van der Waals surface area contributed by atoms with E-state index >= 15 is 0 Å². The van der Waals surface area contributed by atoms with Crippen LogP contribution in [-0.4, -0.2) is 23.5 Å². The van der Waals surface area contributed by atoms with Gasteiger partial charge in [-0.1, -0.05) is 18.2 Å². The van der Waals surface area contributed by atoms with Crippen LogP contribution in [0.4, 0.5) is 0 Å². The maximum absolute atomic E-state index is 11.5. The second kappa shape index (κ2) is 5.87. The number of carbonyl (C=O) groups excluding carboxylic acids is 1. The number of benzene rings is 1. The van der Waals surface area contributed by atoms with Gasteiger partial charge in [-0.15, -0.1) is 0 Å². The molecule has 0 radical (unpaired) electrons. The summed E-state index contributed by atoms with van der Waals surface area (Å²) in [6.07, 6.45) is 4.28. The Morgan fingerprint density at radius 2 is 2.05 bits per heavy atom. The summed E-state index contributed by atoms with van der Waals surface area (Å²) in [6, 6.07) is 6.46. The predicted octanol–water partition coefficient (Wildman–Crippen LogP) is 1.55. The third kappa shape index (κ3) is 3.34. The van der Waals surface area contributed by atoms with Gasteiger partial charge in [0.25, 0.3) is 0 Å². The SMILES string of the molecule is CC(C(=O)O)C(=O)NCCc1ccc2c(c1)CCC2. The van der Waals surface area contributed by atoms with E-state index in [0.29, 0.717) is 6.54 Å². The van der Waals surface area contributed by atoms with Crippen molar-refractivity contribution >= 4 is 11.9 Å². The summed E-state index contributed by atoms with van der Waals surface area (Å²) < 4.78 is 0. The topological polar surface area (TPSA) is 66.4 Å². The largest absolute Gasteiger partial charge is 0.481 e. The molecule has 1 unspecified atom stereocenters. The molecular weight excluding hydrogens is 242 g/mol. The molecule has 0 saturated heterocycles. The Labute approximate surface area is 112 Å². The molecule has 0 aliphatic heterocycles. The van der Waals surface area contributed by atoms with Gasteiger partial charge in [-0.2, -0.15) is 0 Å². The van der Waals surface area contributed by atoms with Crippen LogP contribution in [0.1, 0.15) is 30.0 Å². The summed E-state index contributed by atoms with van der Waals surface area (Å²) in [6.45, 7) is 1.88. The minimum atomic E-state index is -1.09. The molecule has 2 N–H and O–H groups in total. The van der Waals surface area contributed by atoms with Crippen molar-refractivity contribution in [1.29, 1.82) is 0 Å². The van der Waals surface area contributed by atoms with Crippen molar-refractivity contribution in [3.05, 3.63) is 34.9 Å². The van der Waals surface area contributed by atoms with Crippen LogP contribution in [0.3, 0.4) is 0 Å². The Balaban J connectivity index is 1.83. The molecule has 19 heavy (non-hydrogen) atoms. The molecule has 1 aromatic carbocycles. The molecule has 0 bridgehead atoms. The van der Waals surface area contributed by atoms with Gasteiger partial charge in [0.2, 0.25) is 5.91 Å². The van der Waals surface area contributed by atoms with Crippen LogP contribution < -0.4 is 5.32 Å². The average molecular weight is 261 g/mol. The maximum Gasteiger partial charge on any atom is 0.315 e. The van der Waals surface area contributed by atoms with E-state index in [1.807, 2.05) is 0 Å². The van der Waals surface area contributed by atoms with Gasteiger partial charge in [0, 0.05) is 6.54 Å². The van der Waals surface area contributed by atoms with E-state index in [-0.39, 0.29) is 0 Å². The number of amides is 1. The molecule has 4 heteroatoms. The highest BCUT2D eigenvalue weighted by Gasteiger charge is 2.19. The molecule has 4 nitrogen and oxygen atoms in total. The Bertz CT molecular complexity index is 496. The second-order valence-corrected chi connectivity index (χ2v) is 5.06. The molecular formula is C15H19NO3. The molecule has 1 aliphatic rings. The highest BCUT2D eigenvalue weighted by Crippen LogP contribution is 2.22. The number of aryl methyl sites for hydroxylation is 2. The highest BCUT2D eigenvalue weighted by molar-refractivity contribution is 5.96. The number of hydrogen-bond acceptors (Lipinski definition) is 2. The standard InChI is InChI=1S/C15H19NO3/c1-10(15(18)19)14(17)16-8-7-11-5-6-12-3-2-4-13(12)9-11/h5-6,9-10H,2-4,7-8H2,1H3,(H,16,17)(H,18,19). The van der Waals surface area contributed by atoms with E-state index in [9.17, 15) is 9.59 Å². The number of rotatable bonds is 5. The first-order valence-electron chi connectivity index (χ1n) is 6.69. The van der Waals surface area contributed by atoms with Crippen LogP contribution in [0.25, 0.3) is 0 Å². The van der Waals surface area contributed by atoms with E-state index < -0.39 is 17.8 Å². The fourth-order valence-corrected chi connectivity index (χ4v) is 2.38. The highest BCUT2D eigenvalue weighted by atomic mass is 16.4. The molecule has 0 spiro atoms. The van der Waals surface area contributed by atoms with Gasteiger partial charge in [0.1, 0.15) is 5.92 Å². The lowest BCUT2D eigenvalue weighted by atomic mass is 10.0. The van der Waals surface area contributed by atoms with Gasteiger partial charge in [-0.25, -0.2) is 0 Å². The smallest absolute Gasteiger partial charge is 0.315 e. The molecule has 0 saturated carbocycles. The number of nitrogens with one attached hydrogen (secondary N) is 1. The Kier molecular flexibility index (Phi) is 4.20. The van der Waals surface area contributed by atoms with Crippen molar-refractivity contribution in [2.24, 2.45) is 5.92 Å². The number of carbonyl (C=O) groups is 2. The van der Waals surface area contributed by atoms with Gasteiger partial charge in [-0.3, -0.25) is 9.59 Å². The first-order chi connectivity index (χ1) is 9.08. The Hall–Kier alpha value is -1.84. The van der Waals surface area contributed by atoms with E-state index in [1.165, 1.54) is 36.5 Å². The Morgan fingerprint density at radius 1 is 1.32 bits per heavy atom. The monoisotopic (exact) mass is 261 g/mol. The van der Waals surface area contributed by atoms with Gasteiger partial charge >= 0.3 is 5.97 Å². The first-order valence-corrected chi connectivity index (χ1v) is 6.69. The fourth-order valence-electron chi connectivity index (χ4n) is 2.38. The molecule has 1 atom stereocenters. The zero-order valence-electron chi connectivity index (χ0n) is 11.1. The molecule has 102 valence electrons. The lowest BCUT2D eigenvalue weighted by Crippen LogP contribution is -2.34. The van der Waals surface area contributed by atoms with E-state index in [2.05, 4.69) is 23.5 Å². The van der Waals surface area contributed by atoms with E-state index in [0.717, 1.165) is 12.8 Å². The summed E-state index contributed by atoms with van der Waals surface area (Å²) in [5.74, 6) is -2.50. The number of aliphatic carboxylic acids is 1. The molecule has 1 aromatic rings. The van der Waals surface area contributed by atoms with Gasteiger partial charge in [0.15, 0.2) is 0 Å². The zero-order valence-corrected chi connectivity index (χ0v) is 11.1. The van der Waals surface area contributed by atoms with E-state index in [4.69, 9.17) is 5.11 Å². The lowest BCUT2D eigenvalue weighted by Gasteiger charge is -2.09. The van der Waals surface area contributed by atoms with Crippen molar-refractivity contribution in [3.8, 4) is 0 Å². The van der Waals surface area contributed by atoms with Crippen molar-refractivity contribution < 1.29 is 14.7 Å². The summed E-state index contributed by atoms with van der Waals surface area (Å²) in [4.78, 5) is 22.1. The number of fused-ring (bicyclic) bond motifs is 1. The van der Waals surface area contributed by atoms with Crippen molar-refractivity contribution in [1.82, 2.24) is 5.32 Å². The van der Waals surface area contributed by atoms with Crippen molar-refractivity contribution in [2.75, 3.05) is 6.54 Å². The number of hydrogen-bond donors (Lipinski definition) is 2. The normalized spacial score (nSPS) is 14.8. The lowest BCUT2D eigenvalue weighted by molar-refractivity contribution is -0.146. The average Bonchev–Trinajstić information content (AvgIpc) is 2.84. The van der Waals surface area contributed by atoms with Gasteiger partial charge in [-0.05, 0) is 49.3 Å². The van der Waals surface area contributed by atoms with Crippen LogP contribution >= 0.6 is 0 Å². The summed E-state index contributed by atoms with van der Waals surface area (Å²) in [5.41, 5.74) is 4.05. The summed E-state index contributed by atoms with van der Waals surface area (Å²) >= 11 is 0. The second-order valence-electron chi connectivity index (χ2n) is 5.06. The van der Waals surface area contributed by atoms with Crippen LogP contribution in [0.15, 0.2) is 18.2 Å². The minimum absolute atomic E-state index is 0.423. The number of carboxylic acids is 1. The zero-order chi connectivity index (χ0) is 13.8. The van der Waals surface area contributed by atoms with E-state index in [1.54, 1.807) is 0 Å². The molecule has 2 rings (SSSR count). The summed E-state index contributed by atoms with van der Waals surface area (Å²) in [5, 5.41) is 11.4. The molecule has 0 aromatic heterocycles. The first kappa shape index (κ1) is 13.6. The third-order valence-corrected chi connectivity index (χ3v) is 3.64. The third-order valence-electron chi connectivity index (χ3n) is 3.64. The fraction of sp³-hybridized carbons (Fsp3) is 0.467. The van der Waals surface area contributed by atoms with Crippen molar-refractivity contribution in [2.45, 2.75) is 32.6 Å². The summed E-state index contributed by atoms with van der Waals surface area (Å²) in [7, 11) is 0. The van der Waals surface area contributed by atoms with Gasteiger partial charge in [0.05, 0.1) is 0 Å². The Morgan fingerprint density at radius 3 is 2.79 bits per heavy atom. The predicted molar refractivity (Wildman–Crippen MR) is 72.0 cm³/mol. The van der Waals surface area contributed by atoms with Crippen LogP contribution in [0, 0.1) is 5.92 Å². The van der Waals surface area contributed by atoms with Crippen LogP contribution in [0.2, 0.25) is 0 Å². The maximum atomic E-state index is 11.5. The molecule has 0 fully saturated rings. The molecule has 0 heterocycles. The quantitative estimate of drug-likeness (QED) is 0.790.